The Bertz CT molecular complexity index is 546. The van der Waals surface area contributed by atoms with Crippen LogP contribution in [-0.4, -0.2) is 30.1 Å². The monoisotopic (exact) mass is 296 g/mol. The SMILES string of the molecule is CC(C)NC(=O)NC(=O)[C@H](C)OC(=O)c1ccccc1F. The van der Waals surface area contributed by atoms with Gasteiger partial charge in [-0.15, -0.1) is 0 Å². The number of ether oxygens (including phenoxy) is 1. The summed E-state index contributed by atoms with van der Waals surface area (Å²) < 4.78 is 18.2. The highest BCUT2D eigenvalue weighted by Crippen LogP contribution is 2.09. The molecule has 0 radical (unpaired) electrons. The zero-order valence-electron chi connectivity index (χ0n) is 12.0. The van der Waals surface area contributed by atoms with Crippen LogP contribution in [0.5, 0.6) is 0 Å². The predicted octanol–water partition coefficient (Wildman–Crippen LogP) is 1.61. The number of amides is 3. The van der Waals surface area contributed by atoms with Crippen molar-refractivity contribution in [3.63, 3.8) is 0 Å². The second-order valence-electron chi connectivity index (χ2n) is 4.64. The minimum absolute atomic E-state index is 0.144. The van der Waals surface area contributed by atoms with E-state index in [1.807, 2.05) is 5.32 Å². The highest BCUT2D eigenvalue weighted by Gasteiger charge is 2.22. The summed E-state index contributed by atoms with van der Waals surface area (Å²) in [7, 11) is 0. The van der Waals surface area contributed by atoms with Crippen LogP contribution in [0, 0.1) is 5.82 Å². The van der Waals surface area contributed by atoms with E-state index in [0.717, 1.165) is 6.07 Å². The number of esters is 1. The van der Waals surface area contributed by atoms with Gasteiger partial charge in [0.05, 0.1) is 5.56 Å². The molecule has 1 atom stereocenters. The molecule has 7 heteroatoms. The van der Waals surface area contributed by atoms with Crippen LogP contribution < -0.4 is 10.6 Å². The van der Waals surface area contributed by atoms with Gasteiger partial charge in [0.15, 0.2) is 6.10 Å². The Labute approximate surface area is 121 Å². The van der Waals surface area contributed by atoms with Crippen LogP contribution in [0.4, 0.5) is 9.18 Å². The van der Waals surface area contributed by atoms with Gasteiger partial charge in [0.1, 0.15) is 5.82 Å². The molecule has 3 amide bonds. The van der Waals surface area contributed by atoms with Crippen molar-refractivity contribution in [3.05, 3.63) is 35.6 Å². The zero-order chi connectivity index (χ0) is 16.0. The first-order valence-electron chi connectivity index (χ1n) is 6.38. The van der Waals surface area contributed by atoms with Crippen LogP contribution in [0.15, 0.2) is 24.3 Å². The van der Waals surface area contributed by atoms with Crippen molar-refractivity contribution < 1.29 is 23.5 Å². The number of carbonyl (C=O) groups excluding carboxylic acids is 3. The third kappa shape index (κ3) is 5.21. The van der Waals surface area contributed by atoms with Gasteiger partial charge in [0, 0.05) is 6.04 Å². The van der Waals surface area contributed by atoms with Crippen molar-refractivity contribution in [2.75, 3.05) is 0 Å². The van der Waals surface area contributed by atoms with Crippen LogP contribution in [-0.2, 0) is 9.53 Å². The minimum atomic E-state index is -1.23. The van der Waals surface area contributed by atoms with E-state index in [9.17, 15) is 18.8 Å². The van der Waals surface area contributed by atoms with Crippen molar-refractivity contribution in [2.45, 2.75) is 32.9 Å². The normalized spacial score (nSPS) is 11.7. The molecule has 1 aromatic rings. The second-order valence-corrected chi connectivity index (χ2v) is 4.64. The first kappa shape index (κ1) is 16.6. The molecule has 0 spiro atoms. The van der Waals surface area contributed by atoms with E-state index in [0.29, 0.717) is 0 Å². The molecule has 0 aliphatic carbocycles. The summed E-state index contributed by atoms with van der Waals surface area (Å²) in [5.74, 6) is -2.51. The van der Waals surface area contributed by atoms with Gasteiger partial charge in [-0.1, -0.05) is 12.1 Å². The number of benzene rings is 1. The standard InChI is InChI=1S/C14H17FN2O4/c1-8(2)16-14(20)17-12(18)9(3)21-13(19)10-6-4-5-7-11(10)15/h4-9H,1-3H3,(H2,16,17,18,20)/t9-/m0/s1. The Morgan fingerprint density at radius 2 is 1.76 bits per heavy atom. The number of hydrogen-bond donors (Lipinski definition) is 2. The molecule has 0 aliphatic heterocycles. The van der Waals surface area contributed by atoms with Gasteiger partial charge in [-0.3, -0.25) is 10.1 Å². The van der Waals surface area contributed by atoms with Gasteiger partial charge >= 0.3 is 12.0 Å². The zero-order valence-corrected chi connectivity index (χ0v) is 12.0. The largest absolute Gasteiger partial charge is 0.449 e. The molecule has 0 unspecified atom stereocenters. The summed E-state index contributed by atoms with van der Waals surface area (Å²) >= 11 is 0. The molecule has 0 aliphatic rings. The van der Waals surface area contributed by atoms with Crippen molar-refractivity contribution >= 4 is 17.9 Å². The molecule has 0 fully saturated rings. The maximum absolute atomic E-state index is 13.4. The summed E-state index contributed by atoms with van der Waals surface area (Å²) in [5.41, 5.74) is -0.274. The molecular formula is C14H17FN2O4. The van der Waals surface area contributed by atoms with Crippen molar-refractivity contribution in [3.8, 4) is 0 Å². The fourth-order valence-corrected chi connectivity index (χ4v) is 1.42. The third-order valence-corrected chi connectivity index (χ3v) is 2.40. The number of imide groups is 1. The van der Waals surface area contributed by atoms with Gasteiger partial charge in [0.25, 0.3) is 5.91 Å². The lowest BCUT2D eigenvalue weighted by Crippen LogP contribution is -2.46. The fraction of sp³-hybridized carbons (Fsp3) is 0.357. The van der Waals surface area contributed by atoms with Crippen LogP contribution in [0.25, 0.3) is 0 Å². The molecule has 0 aromatic heterocycles. The molecular weight excluding hydrogens is 279 g/mol. The van der Waals surface area contributed by atoms with E-state index in [1.54, 1.807) is 13.8 Å². The average Bonchev–Trinajstić information content (AvgIpc) is 2.37. The summed E-state index contributed by atoms with van der Waals surface area (Å²) in [6, 6.07) is 4.42. The molecule has 6 nitrogen and oxygen atoms in total. The van der Waals surface area contributed by atoms with E-state index in [-0.39, 0.29) is 11.6 Å². The molecule has 0 saturated heterocycles. The summed E-state index contributed by atoms with van der Waals surface area (Å²) in [6.45, 7) is 4.74. The lowest BCUT2D eigenvalue weighted by molar-refractivity contribution is -0.127. The summed E-state index contributed by atoms with van der Waals surface area (Å²) in [6.07, 6.45) is -1.23. The van der Waals surface area contributed by atoms with Crippen molar-refractivity contribution in [2.24, 2.45) is 0 Å². The van der Waals surface area contributed by atoms with Crippen LogP contribution in [0.2, 0.25) is 0 Å². The fourth-order valence-electron chi connectivity index (χ4n) is 1.42. The quantitative estimate of drug-likeness (QED) is 0.827. The van der Waals surface area contributed by atoms with E-state index < -0.39 is 29.8 Å². The Morgan fingerprint density at radius 3 is 2.33 bits per heavy atom. The Kier molecular flexibility index (Phi) is 5.83. The van der Waals surface area contributed by atoms with Crippen LogP contribution in [0.3, 0.4) is 0 Å². The van der Waals surface area contributed by atoms with E-state index in [1.165, 1.54) is 25.1 Å². The lowest BCUT2D eigenvalue weighted by Gasteiger charge is -2.14. The number of hydrogen-bond acceptors (Lipinski definition) is 4. The summed E-state index contributed by atoms with van der Waals surface area (Å²) in [4.78, 5) is 34.7. The predicted molar refractivity (Wildman–Crippen MR) is 73.1 cm³/mol. The first-order chi connectivity index (χ1) is 9.81. The Morgan fingerprint density at radius 1 is 1.14 bits per heavy atom. The van der Waals surface area contributed by atoms with Gasteiger partial charge in [0.2, 0.25) is 0 Å². The van der Waals surface area contributed by atoms with Crippen molar-refractivity contribution in [1.29, 1.82) is 0 Å². The van der Waals surface area contributed by atoms with E-state index in [2.05, 4.69) is 5.32 Å². The van der Waals surface area contributed by atoms with Gasteiger partial charge in [-0.05, 0) is 32.9 Å². The molecule has 1 rings (SSSR count). The van der Waals surface area contributed by atoms with Crippen LogP contribution >= 0.6 is 0 Å². The van der Waals surface area contributed by atoms with E-state index >= 15 is 0 Å². The highest BCUT2D eigenvalue weighted by molar-refractivity contribution is 5.98. The smallest absolute Gasteiger partial charge is 0.341 e. The molecule has 1 aromatic carbocycles. The van der Waals surface area contributed by atoms with Gasteiger partial charge in [-0.25, -0.2) is 14.0 Å². The maximum atomic E-state index is 13.4. The molecule has 0 heterocycles. The molecule has 2 N–H and O–H groups in total. The maximum Gasteiger partial charge on any atom is 0.341 e. The first-order valence-corrected chi connectivity index (χ1v) is 6.38. The molecule has 21 heavy (non-hydrogen) atoms. The molecule has 0 saturated carbocycles. The van der Waals surface area contributed by atoms with Crippen LogP contribution in [0.1, 0.15) is 31.1 Å². The lowest BCUT2D eigenvalue weighted by atomic mass is 10.2. The number of rotatable bonds is 4. The average molecular weight is 296 g/mol. The summed E-state index contributed by atoms with van der Waals surface area (Å²) in [5, 5.41) is 4.47. The number of halogens is 1. The number of urea groups is 1. The molecule has 0 bridgehead atoms. The topological polar surface area (TPSA) is 84.5 Å². The van der Waals surface area contributed by atoms with Gasteiger partial charge in [-0.2, -0.15) is 0 Å². The second kappa shape index (κ2) is 7.37. The van der Waals surface area contributed by atoms with Gasteiger partial charge < -0.3 is 10.1 Å². The Balaban J connectivity index is 2.58. The minimum Gasteiger partial charge on any atom is -0.449 e. The Hall–Kier alpha value is -2.44. The number of carbonyl (C=O) groups is 3. The highest BCUT2D eigenvalue weighted by atomic mass is 19.1. The van der Waals surface area contributed by atoms with Crippen molar-refractivity contribution in [1.82, 2.24) is 10.6 Å². The number of nitrogens with one attached hydrogen (secondary N) is 2. The molecule has 114 valence electrons. The van der Waals surface area contributed by atoms with E-state index in [4.69, 9.17) is 4.74 Å². The third-order valence-electron chi connectivity index (χ3n) is 2.40.